The Hall–Kier alpha value is -4.37. The van der Waals surface area contributed by atoms with Gasteiger partial charge in [-0.05, 0) is 18.2 Å². The number of aromatic nitrogens is 2. The molecule has 214 valence electrons. The number of benzene rings is 2. The summed E-state index contributed by atoms with van der Waals surface area (Å²) in [4.78, 5) is 48.5. The van der Waals surface area contributed by atoms with Crippen molar-refractivity contribution in [3.8, 4) is 22.9 Å². The summed E-state index contributed by atoms with van der Waals surface area (Å²) in [6, 6.07) is 7.29. The highest BCUT2D eigenvalue weighted by Crippen LogP contribution is 2.37. The monoisotopic (exact) mass is 590 g/mol. The summed E-state index contributed by atoms with van der Waals surface area (Å²) < 4.78 is 79.9. The first-order valence-corrected chi connectivity index (χ1v) is 11.3. The number of hydrogen-bond acceptors (Lipinski definition) is 9. The quantitative estimate of drug-likeness (QED) is 0.210. The molecule has 40 heavy (non-hydrogen) atoms. The second-order valence-electron chi connectivity index (χ2n) is 7.69. The summed E-state index contributed by atoms with van der Waals surface area (Å²) in [6.07, 6.45) is -6.70. The zero-order valence-corrected chi connectivity index (χ0v) is 21.5. The van der Waals surface area contributed by atoms with E-state index < -0.39 is 59.5 Å². The number of para-hydroxylation sites is 2. The summed E-state index contributed by atoms with van der Waals surface area (Å²) in [5.74, 6) is -3.75. The molecule has 0 fully saturated rings. The standard InChI is InChI=1S/C24H19ClF4N2O9/c1-30-18(24(27,28)29)10-19(32)31(23(30)35)14-9-17(12(25)8-13(14)26)39-15-6-4-5-7-16(15)40-22(37-3)21(34)38-11-20(33)36-2/h4-10,22H,11H2,1-3H3. The van der Waals surface area contributed by atoms with Crippen molar-refractivity contribution >= 4 is 23.5 Å². The molecule has 1 aromatic heterocycles. The molecule has 11 nitrogen and oxygen atoms in total. The van der Waals surface area contributed by atoms with E-state index >= 15 is 0 Å². The van der Waals surface area contributed by atoms with Crippen LogP contribution in [0, 0.1) is 5.82 Å². The number of ether oxygens (including phenoxy) is 5. The lowest BCUT2D eigenvalue weighted by Gasteiger charge is -2.19. The average Bonchev–Trinajstić information content (AvgIpc) is 2.90. The van der Waals surface area contributed by atoms with Crippen molar-refractivity contribution in [3.63, 3.8) is 0 Å². The topological polar surface area (TPSA) is 124 Å². The van der Waals surface area contributed by atoms with E-state index in [0.717, 1.165) is 27.3 Å². The van der Waals surface area contributed by atoms with Crippen molar-refractivity contribution in [2.45, 2.75) is 12.5 Å². The number of carbonyl (C=O) groups excluding carboxylic acids is 2. The van der Waals surface area contributed by atoms with Gasteiger partial charge in [0.25, 0.3) is 11.8 Å². The summed E-state index contributed by atoms with van der Waals surface area (Å²) in [7, 11) is 2.97. The van der Waals surface area contributed by atoms with Gasteiger partial charge < -0.3 is 23.7 Å². The molecular weight excluding hydrogens is 572 g/mol. The van der Waals surface area contributed by atoms with E-state index in [1.807, 2.05) is 0 Å². The van der Waals surface area contributed by atoms with Gasteiger partial charge in [-0.2, -0.15) is 13.2 Å². The fraction of sp³-hybridized carbons (Fsp3) is 0.250. The van der Waals surface area contributed by atoms with Crippen LogP contribution in [0.3, 0.4) is 0 Å². The van der Waals surface area contributed by atoms with Gasteiger partial charge in [-0.25, -0.2) is 23.3 Å². The molecule has 0 aliphatic carbocycles. The molecule has 0 aliphatic rings. The highest BCUT2D eigenvalue weighted by Gasteiger charge is 2.35. The van der Waals surface area contributed by atoms with E-state index in [1.165, 1.54) is 24.3 Å². The molecule has 2 aromatic carbocycles. The van der Waals surface area contributed by atoms with Crippen molar-refractivity contribution in [3.05, 3.63) is 79.8 Å². The Bertz CT molecular complexity index is 1550. The van der Waals surface area contributed by atoms with E-state index in [0.29, 0.717) is 6.07 Å². The number of hydrogen-bond donors (Lipinski definition) is 0. The van der Waals surface area contributed by atoms with Crippen LogP contribution in [0.1, 0.15) is 5.69 Å². The first-order valence-electron chi connectivity index (χ1n) is 10.9. The first-order chi connectivity index (χ1) is 18.8. The number of methoxy groups -OCH3 is 2. The minimum Gasteiger partial charge on any atom is -0.466 e. The highest BCUT2D eigenvalue weighted by molar-refractivity contribution is 6.32. The molecule has 1 atom stereocenters. The third kappa shape index (κ3) is 6.60. The van der Waals surface area contributed by atoms with Gasteiger partial charge in [0.1, 0.15) is 17.3 Å². The van der Waals surface area contributed by atoms with Crippen LogP contribution >= 0.6 is 11.6 Å². The predicted molar refractivity (Wildman–Crippen MR) is 128 cm³/mol. The molecular formula is C24H19ClF4N2O9. The van der Waals surface area contributed by atoms with Gasteiger partial charge in [-0.1, -0.05) is 23.7 Å². The van der Waals surface area contributed by atoms with Gasteiger partial charge in [0.05, 0.1) is 17.8 Å². The van der Waals surface area contributed by atoms with Gasteiger partial charge in [0.2, 0.25) is 0 Å². The number of nitrogens with zero attached hydrogens (tertiary/aromatic N) is 2. The SMILES string of the molecule is COC(=O)COC(=O)C(OC)Oc1ccccc1Oc1cc(-n2c(=O)cc(C(F)(F)F)n(C)c2=O)c(F)cc1Cl. The van der Waals surface area contributed by atoms with E-state index in [9.17, 15) is 36.7 Å². The van der Waals surface area contributed by atoms with Crippen molar-refractivity contribution < 1.29 is 50.8 Å². The number of rotatable bonds is 9. The van der Waals surface area contributed by atoms with E-state index in [4.69, 9.17) is 30.5 Å². The second kappa shape index (κ2) is 12.2. The zero-order chi connectivity index (χ0) is 29.8. The van der Waals surface area contributed by atoms with Gasteiger partial charge >= 0.3 is 23.8 Å². The van der Waals surface area contributed by atoms with Gasteiger partial charge in [-0.15, -0.1) is 0 Å². The Morgan fingerprint density at radius 1 is 1.02 bits per heavy atom. The molecule has 3 aromatic rings. The maximum atomic E-state index is 14.8. The molecule has 0 spiro atoms. The molecule has 0 N–H and O–H groups in total. The molecule has 0 saturated heterocycles. The number of carbonyl (C=O) groups is 2. The van der Waals surface area contributed by atoms with Gasteiger partial charge in [0, 0.05) is 26.3 Å². The first kappa shape index (κ1) is 30.2. The lowest BCUT2D eigenvalue weighted by Crippen LogP contribution is -2.41. The molecule has 16 heteroatoms. The van der Waals surface area contributed by atoms with Crippen LogP contribution in [-0.4, -0.2) is 48.2 Å². The number of alkyl halides is 3. The fourth-order valence-electron chi connectivity index (χ4n) is 3.20. The minimum atomic E-state index is -5.02. The summed E-state index contributed by atoms with van der Waals surface area (Å²) in [6.45, 7) is -0.715. The average molecular weight is 591 g/mol. The Morgan fingerprint density at radius 2 is 1.68 bits per heavy atom. The van der Waals surface area contributed by atoms with Crippen LogP contribution in [0.15, 0.2) is 52.1 Å². The number of halogens is 5. The summed E-state index contributed by atoms with van der Waals surface area (Å²) in [5.41, 5.74) is -5.23. The normalized spacial score (nSPS) is 12.0. The van der Waals surface area contributed by atoms with Crippen molar-refractivity contribution in [2.24, 2.45) is 7.05 Å². The Kier molecular flexibility index (Phi) is 9.21. The molecule has 0 amide bonds. The smallest absolute Gasteiger partial charge is 0.431 e. The maximum Gasteiger partial charge on any atom is 0.431 e. The fourth-order valence-corrected chi connectivity index (χ4v) is 3.39. The van der Waals surface area contributed by atoms with Crippen LogP contribution in [0.25, 0.3) is 5.69 Å². The van der Waals surface area contributed by atoms with Crippen LogP contribution in [0.2, 0.25) is 5.02 Å². The molecule has 0 aliphatic heterocycles. The third-order valence-electron chi connectivity index (χ3n) is 5.12. The molecule has 0 bridgehead atoms. The van der Waals surface area contributed by atoms with Crippen LogP contribution in [-0.2, 0) is 37.0 Å². The van der Waals surface area contributed by atoms with Gasteiger partial charge in [-0.3, -0.25) is 9.36 Å². The Morgan fingerprint density at radius 3 is 2.27 bits per heavy atom. The molecule has 0 saturated carbocycles. The highest BCUT2D eigenvalue weighted by atomic mass is 35.5. The maximum absolute atomic E-state index is 14.8. The predicted octanol–water partition coefficient (Wildman–Crippen LogP) is 3.21. The minimum absolute atomic E-state index is 0.127. The largest absolute Gasteiger partial charge is 0.466 e. The molecule has 1 unspecified atom stereocenters. The van der Waals surface area contributed by atoms with Crippen molar-refractivity contribution in [1.82, 2.24) is 9.13 Å². The van der Waals surface area contributed by atoms with Gasteiger partial charge in [0.15, 0.2) is 18.1 Å². The zero-order valence-electron chi connectivity index (χ0n) is 20.8. The van der Waals surface area contributed by atoms with Crippen molar-refractivity contribution in [1.29, 1.82) is 0 Å². The molecule has 1 heterocycles. The van der Waals surface area contributed by atoms with E-state index in [-0.39, 0.29) is 37.5 Å². The Labute approximate surface area is 227 Å². The summed E-state index contributed by atoms with van der Waals surface area (Å²) in [5, 5.41) is -0.353. The summed E-state index contributed by atoms with van der Waals surface area (Å²) >= 11 is 6.09. The third-order valence-corrected chi connectivity index (χ3v) is 5.42. The lowest BCUT2D eigenvalue weighted by molar-refractivity contribution is -0.178. The van der Waals surface area contributed by atoms with Crippen molar-refractivity contribution in [2.75, 3.05) is 20.8 Å². The number of esters is 2. The van der Waals surface area contributed by atoms with Crippen LogP contribution in [0.5, 0.6) is 17.2 Å². The van der Waals surface area contributed by atoms with Crippen LogP contribution in [0.4, 0.5) is 17.6 Å². The Balaban J connectivity index is 1.99. The van der Waals surface area contributed by atoms with Crippen LogP contribution < -0.4 is 20.7 Å². The van der Waals surface area contributed by atoms with E-state index in [1.54, 1.807) is 0 Å². The second-order valence-corrected chi connectivity index (χ2v) is 8.10. The molecule has 3 rings (SSSR count). The molecule has 0 radical (unpaired) electrons. The lowest BCUT2D eigenvalue weighted by atomic mass is 10.2. The van der Waals surface area contributed by atoms with E-state index in [2.05, 4.69) is 4.74 Å².